The van der Waals surface area contributed by atoms with E-state index in [1.807, 2.05) is 0 Å². The van der Waals surface area contributed by atoms with Crippen LogP contribution >= 0.6 is 0 Å². The molecule has 13 nitrogen and oxygen atoms in total. The van der Waals surface area contributed by atoms with Crippen molar-refractivity contribution in [3.8, 4) is 23.0 Å². The summed E-state index contributed by atoms with van der Waals surface area (Å²) in [6.45, 7) is 3.52. The van der Waals surface area contributed by atoms with Crippen LogP contribution in [0.1, 0.15) is 5.56 Å². The highest BCUT2D eigenvalue weighted by Crippen LogP contribution is 2.35. The van der Waals surface area contributed by atoms with Crippen LogP contribution in [-0.2, 0) is 19.9 Å². The van der Waals surface area contributed by atoms with Gasteiger partial charge in [0.25, 0.3) is 0 Å². The van der Waals surface area contributed by atoms with Gasteiger partial charge in [-0.1, -0.05) is 12.7 Å². The zero-order valence-corrected chi connectivity index (χ0v) is 19.0. The fourth-order valence-electron chi connectivity index (χ4n) is 3.53. The molecule has 37 heavy (non-hydrogen) atoms. The van der Waals surface area contributed by atoms with E-state index in [2.05, 4.69) is 15.7 Å². The molecule has 5 atom stereocenters. The Kier molecular flexibility index (Phi) is 6.89. The predicted molar refractivity (Wildman–Crippen MR) is 117 cm³/mol. The number of carbonyl (C=O) groups is 1. The van der Waals surface area contributed by atoms with E-state index in [-0.39, 0.29) is 22.4 Å². The number of fused-ring (bicyclic) bond motifs is 1. The Bertz CT molecular complexity index is 1490. The van der Waals surface area contributed by atoms with Crippen LogP contribution in [0.25, 0.3) is 28.6 Å². The number of aliphatic carboxylic acids is 1. The Morgan fingerprint density at radius 1 is 1.11 bits per heavy atom. The SMILES string of the molecule is C=Cc1cc(OS(=O)(=O)O)cc2nc(-c3ccc(O[C@@H]4O[C@H](C(=O)O)[C@@H](O)[C@H](O)[C@H]4O)c(F)c3F)oc12. The lowest BCUT2D eigenvalue weighted by molar-refractivity contribution is -0.271. The zero-order chi connectivity index (χ0) is 27.2. The van der Waals surface area contributed by atoms with Gasteiger partial charge in [-0.3, -0.25) is 4.55 Å². The average molecular weight is 545 g/mol. The van der Waals surface area contributed by atoms with Gasteiger partial charge in [-0.05, 0) is 18.2 Å². The summed E-state index contributed by atoms with van der Waals surface area (Å²) in [6, 6.07) is 4.04. The minimum absolute atomic E-state index is 0.00110. The number of carboxylic acid groups (broad SMARTS) is 1. The van der Waals surface area contributed by atoms with Gasteiger partial charge in [-0.25, -0.2) is 14.2 Å². The van der Waals surface area contributed by atoms with Crippen molar-refractivity contribution < 1.29 is 65.0 Å². The van der Waals surface area contributed by atoms with Gasteiger partial charge >= 0.3 is 16.4 Å². The first kappa shape index (κ1) is 26.4. The largest absolute Gasteiger partial charge is 0.479 e. The first-order valence-electron chi connectivity index (χ1n) is 10.1. The molecule has 5 N–H and O–H groups in total. The van der Waals surface area contributed by atoms with E-state index in [0.29, 0.717) is 0 Å². The summed E-state index contributed by atoms with van der Waals surface area (Å²) in [6.07, 6.45) is -8.84. The second-order valence-electron chi connectivity index (χ2n) is 7.69. The quantitative estimate of drug-likeness (QED) is 0.262. The summed E-state index contributed by atoms with van der Waals surface area (Å²) in [4.78, 5) is 15.2. The fraction of sp³-hybridized carbons (Fsp3) is 0.238. The minimum atomic E-state index is -4.87. The van der Waals surface area contributed by atoms with Crippen molar-refractivity contribution in [2.24, 2.45) is 0 Å². The van der Waals surface area contributed by atoms with Gasteiger partial charge in [-0.15, -0.1) is 0 Å². The van der Waals surface area contributed by atoms with Crippen LogP contribution in [0.15, 0.2) is 35.3 Å². The lowest BCUT2D eigenvalue weighted by Crippen LogP contribution is -2.61. The van der Waals surface area contributed by atoms with Gasteiger partial charge < -0.3 is 38.5 Å². The predicted octanol–water partition coefficient (Wildman–Crippen LogP) is 0.869. The standard InChI is InChI=1S/C21H17F2NO12S/c1-2-7-5-8(36-37(30,31)32)6-10-17(7)34-19(24-10)9-3-4-11(13(23)12(9)22)33-21-16(27)14(25)15(26)18(35-21)20(28)29/h2-6,14-16,18,21,25-27H,1H2,(H,28,29)(H,30,31,32)/t14-,15-,16+,18-,21+/m0/s1. The number of nitrogens with zero attached hydrogens (tertiary/aromatic N) is 1. The molecule has 3 aromatic rings. The highest BCUT2D eigenvalue weighted by Gasteiger charge is 2.48. The number of aliphatic hydroxyl groups is 3. The molecule has 1 aliphatic heterocycles. The van der Waals surface area contributed by atoms with E-state index in [1.54, 1.807) is 0 Å². The number of hydrogen-bond acceptors (Lipinski definition) is 11. The van der Waals surface area contributed by atoms with Crippen molar-refractivity contribution >= 4 is 33.5 Å². The molecule has 0 saturated carbocycles. The van der Waals surface area contributed by atoms with Crippen LogP contribution < -0.4 is 8.92 Å². The maximum atomic E-state index is 15.0. The van der Waals surface area contributed by atoms with Gasteiger partial charge in [0.1, 0.15) is 29.6 Å². The minimum Gasteiger partial charge on any atom is -0.479 e. The average Bonchev–Trinajstić information content (AvgIpc) is 3.24. The summed E-state index contributed by atoms with van der Waals surface area (Å²) in [5.41, 5.74) is -0.429. The van der Waals surface area contributed by atoms with Crippen LogP contribution in [0.2, 0.25) is 0 Å². The van der Waals surface area contributed by atoms with Gasteiger partial charge in [0, 0.05) is 11.6 Å². The number of aromatic nitrogens is 1. The molecular formula is C21H17F2NO12S. The van der Waals surface area contributed by atoms with Gasteiger partial charge in [0.05, 0.1) is 5.56 Å². The second-order valence-corrected chi connectivity index (χ2v) is 8.71. The van der Waals surface area contributed by atoms with Gasteiger partial charge in [-0.2, -0.15) is 12.8 Å². The number of halogens is 2. The van der Waals surface area contributed by atoms with Crippen LogP contribution in [0.5, 0.6) is 11.5 Å². The van der Waals surface area contributed by atoms with Crippen molar-refractivity contribution in [2.75, 3.05) is 0 Å². The van der Waals surface area contributed by atoms with Crippen LogP contribution in [0.4, 0.5) is 8.78 Å². The van der Waals surface area contributed by atoms with Gasteiger partial charge in [0.15, 0.2) is 23.3 Å². The second kappa shape index (κ2) is 9.66. The third-order valence-corrected chi connectivity index (χ3v) is 5.65. The molecule has 1 saturated heterocycles. The Labute approximate surface area is 205 Å². The lowest BCUT2D eigenvalue weighted by Gasteiger charge is -2.38. The van der Waals surface area contributed by atoms with Crippen molar-refractivity contribution in [1.29, 1.82) is 0 Å². The molecule has 2 heterocycles. The molecule has 0 amide bonds. The smallest absolute Gasteiger partial charge is 0.446 e. The van der Waals surface area contributed by atoms with Crippen molar-refractivity contribution in [3.63, 3.8) is 0 Å². The van der Waals surface area contributed by atoms with Crippen molar-refractivity contribution in [2.45, 2.75) is 30.7 Å². The summed E-state index contributed by atoms with van der Waals surface area (Å²) in [5, 5.41) is 38.7. The summed E-state index contributed by atoms with van der Waals surface area (Å²) < 4.78 is 80.5. The highest BCUT2D eigenvalue weighted by molar-refractivity contribution is 7.81. The third kappa shape index (κ3) is 5.10. The molecule has 0 aliphatic carbocycles. The molecule has 1 fully saturated rings. The fourth-order valence-corrected chi connectivity index (χ4v) is 3.87. The third-order valence-electron chi connectivity index (χ3n) is 5.25. The first-order valence-corrected chi connectivity index (χ1v) is 11.5. The number of benzene rings is 2. The Balaban J connectivity index is 1.67. The summed E-state index contributed by atoms with van der Waals surface area (Å²) >= 11 is 0. The number of aliphatic hydroxyl groups excluding tert-OH is 3. The Hall–Kier alpha value is -3.67. The number of hydrogen-bond donors (Lipinski definition) is 5. The highest BCUT2D eigenvalue weighted by atomic mass is 32.3. The summed E-state index contributed by atoms with van der Waals surface area (Å²) in [5.74, 6) is -6.53. The molecule has 0 bridgehead atoms. The van der Waals surface area contributed by atoms with E-state index in [0.717, 1.165) is 24.3 Å². The molecule has 1 aliphatic rings. The molecule has 2 aromatic carbocycles. The molecule has 16 heteroatoms. The van der Waals surface area contributed by atoms with E-state index < -0.39 is 75.9 Å². The topological polar surface area (TPSA) is 206 Å². The van der Waals surface area contributed by atoms with Crippen LogP contribution in [0.3, 0.4) is 0 Å². The number of carboxylic acids is 1. The summed E-state index contributed by atoms with van der Waals surface area (Å²) in [7, 11) is -4.87. The Morgan fingerprint density at radius 3 is 2.43 bits per heavy atom. The molecule has 0 radical (unpaired) electrons. The Morgan fingerprint density at radius 2 is 1.81 bits per heavy atom. The van der Waals surface area contributed by atoms with Crippen LogP contribution in [0, 0.1) is 11.6 Å². The van der Waals surface area contributed by atoms with E-state index in [1.165, 1.54) is 6.08 Å². The molecular weight excluding hydrogens is 528 g/mol. The molecule has 4 rings (SSSR count). The van der Waals surface area contributed by atoms with Gasteiger partial charge in [0.2, 0.25) is 18.0 Å². The molecule has 0 unspecified atom stereocenters. The number of oxazole rings is 1. The van der Waals surface area contributed by atoms with Crippen LogP contribution in [-0.4, -0.2) is 75.1 Å². The molecule has 0 spiro atoms. The lowest BCUT2D eigenvalue weighted by atomic mass is 9.99. The van der Waals surface area contributed by atoms with E-state index in [4.69, 9.17) is 23.6 Å². The zero-order valence-electron chi connectivity index (χ0n) is 18.2. The molecule has 198 valence electrons. The normalized spacial score (nSPS) is 24.1. The van der Waals surface area contributed by atoms with E-state index in [9.17, 15) is 37.3 Å². The maximum Gasteiger partial charge on any atom is 0.446 e. The number of rotatable bonds is 7. The van der Waals surface area contributed by atoms with Crippen molar-refractivity contribution in [1.82, 2.24) is 4.98 Å². The maximum absolute atomic E-state index is 15.0. The first-order chi connectivity index (χ1) is 17.3. The molecule has 1 aromatic heterocycles. The number of ether oxygens (including phenoxy) is 2. The monoisotopic (exact) mass is 545 g/mol. The van der Waals surface area contributed by atoms with E-state index >= 15 is 0 Å². The van der Waals surface area contributed by atoms with Crippen molar-refractivity contribution in [3.05, 3.63) is 48.0 Å².